The van der Waals surface area contributed by atoms with E-state index in [4.69, 9.17) is 4.74 Å². The number of carbonyl (C=O) groups excluding carboxylic acids is 2. The van der Waals surface area contributed by atoms with E-state index in [2.05, 4.69) is 22.3 Å². The SMILES string of the molecule is CC(=O)Nc1ccc(OCCCN2CCC(C(C)=O)(c3ccccc3)CC2)cc1. The topological polar surface area (TPSA) is 58.6 Å². The Labute approximate surface area is 173 Å². The van der Waals surface area contributed by atoms with Crippen molar-refractivity contribution in [3.05, 3.63) is 60.2 Å². The number of ether oxygens (including phenoxy) is 1. The minimum atomic E-state index is -0.329. The molecule has 1 amide bonds. The smallest absolute Gasteiger partial charge is 0.221 e. The predicted molar refractivity (Wildman–Crippen MR) is 115 cm³/mol. The Hall–Kier alpha value is -2.66. The van der Waals surface area contributed by atoms with Crippen molar-refractivity contribution in [1.29, 1.82) is 0 Å². The highest BCUT2D eigenvalue weighted by atomic mass is 16.5. The van der Waals surface area contributed by atoms with Gasteiger partial charge in [-0.15, -0.1) is 0 Å². The summed E-state index contributed by atoms with van der Waals surface area (Å²) in [6.45, 7) is 6.69. The molecule has 3 rings (SSSR count). The van der Waals surface area contributed by atoms with Gasteiger partial charge >= 0.3 is 0 Å². The van der Waals surface area contributed by atoms with E-state index in [1.165, 1.54) is 6.92 Å². The summed E-state index contributed by atoms with van der Waals surface area (Å²) in [7, 11) is 0. The molecule has 0 radical (unpaired) electrons. The summed E-state index contributed by atoms with van der Waals surface area (Å²) in [5.74, 6) is 0.994. The first kappa shape index (κ1) is 21.1. The van der Waals surface area contributed by atoms with Crippen LogP contribution >= 0.6 is 0 Å². The number of amides is 1. The monoisotopic (exact) mass is 394 g/mol. The van der Waals surface area contributed by atoms with Crippen molar-refractivity contribution in [2.24, 2.45) is 0 Å². The summed E-state index contributed by atoms with van der Waals surface area (Å²) in [6, 6.07) is 17.6. The molecule has 154 valence electrons. The molecule has 1 saturated heterocycles. The standard InChI is InChI=1S/C24H30N2O3/c1-19(27)24(21-7-4-3-5-8-21)13-16-26(17-14-24)15-6-18-29-23-11-9-22(10-12-23)25-20(2)28/h3-5,7-12H,6,13-18H2,1-2H3,(H,25,28). The Morgan fingerprint density at radius 1 is 1.00 bits per heavy atom. The highest BCUT2D eigenvalue weighted by Gasteiger charge is 2.40. The van der Waals surface area contributed by atoms with Gasteiger partial charge in [0.1, 0.15) is 11.5 Å². The first-order valence-electron chi connectivity index (χ1n) is 10.3. The highest BCUT2D eigenvalue weighted by Crippen LogP contribution is 2.36. The van der Waals surface area contributed by atoms with Crippen molar-refractivity contribution < 1.29 is 14.3 Å². The minimum Gasteiger partial charge on any atom is -0.494 e. The van der Waals surface area contributed by atoms with Gasteiger partial charge in [0.2, 0.25) is 5.91 Å². The van der Waals surface area contributed by atoms with Crippen LogP contribution in [-0.2, 0) is 15.0 Å². The molecule has 1 heterocycles. The van der Waals surface area contributed by atoms with Gasteiger partial charge in [-0.1, -0.05) is 30.3 Å². The van der Waals surface area contributed by atoms with Crippen LogP contribution in [-0.4, -0.2) is 42.8 Å². The number of likely N-dealkylation sites (tertiary alicyclic amines) is 1. The Balaban J connectivity index is 1.43. The first-order valence-corrected chi connectivity index (χ1v) is 10.3. The summed E-state index contributed by atoms with van der Waals surface area (Å²) >= 11 is 0. The van der Waals surface area contributed by atoms with Gasteiger partial charge in [-0.3, -0.25) is 9.59 Å². The second kappa shape index (κ2) is 9.70. The van der Waals surface area contributed by atoms with Crippen LogP contribution in [0.3, 0.4) is 0 Å². The fourth-order valence-electron chi connectivity index (χ4n) is 4.08. The third-order valence-electron chi connectivity index (χ3n) is 5.77. The Kier molecular flexibility index (Phi) is 7.04. The molecule has 0 saturated carbocycles. The molecule has 1 aliphatic heterocycles. The van der Waals surface area contributed by atoms with E-state index in [1.54, 1.807) is 6.92 Å². The lowest BCUT2D eigenvalue weighted by Gasteiger charge is -2.40. The summed E-state index contributed by atoms with van der Waals surface area (Å²) in [5, 5.41) is 2.74. The van der Waals surface area contributed by atoms with Gasteiger partial charge < -0.3 is 15.0 Å². The van der Waals surface area contributed by atoms with E-state index in [9.17, 15) is 9.59 Å². The lowest BCUT2D eigenvalue weighted by molar-refractivity contribution is -0.124. The van der Waals surface area contributed by atoms with Crippen LogP contribution < -0.4 is 10.1 Å². The van der Waals surface area contributed by atoms with Crippen LogP contribution in [0.25, 0.3) is 0 Å². The first-order chi connectivity index (χ1) is 14.0. The third kappa shape index (κ3) is 5.45. The number of piperidine rings is 1. The molecule has 2 aromatic rings. The van der Waals surface area contributed by atoms with E-state index in [-0.39, 0.29) is 17.1 Å². The van der Waals surface area contributed by atoms with Crippen LogP contribution in [0, 0.1) is 0 Å². The van der Waals surface area contributed by atoms with Crippen molar-refractivity contribution >= 4 is 17.4 Å². The second-order valence-corrected chi connectivity index (χ2v) is 7.75. The molecular formula is C24H30N2O3. The normalized spacial score (nSPS) is 16.2. The van der Waals surface area contributed by atoms with Crippen molar-refractivity contribution in [3.8, 4) is 5.75 Å². The molecular weight excluding hydrogens is 364 g/mol. The summed E-state index contributed by atoms with van der Waals surface area (Å²) in [6.07, 6.45) is 2.68. The van der Waals surface area contributed by atoms with Crippen molar-refractivity contribution in [3.63, 3.8) is 0 Å². The molecule has 1 fully saturated rings. The lowest BCUT2D eigenvalue weighted by Crippen LogP contribution is -2.46. The molecule has 1 N–H and O–H groups in total. The molecule has 2 aromatic carbocycles. The maximum atomic E-state index is 12.5. The van der Waals surface area contributed by atoms with Crippen LogP contribution in [0.4, 0.5) is 5.69 Å². The summed E-state index contributed by atoms with van der Waals surface area (Å²) in [4.78, 5) is 25.9. The van der Waals surface area contributed by atoms with Gasteiger partial charge in [-0.05, 0) is 69.1 Å². The van der Waals surface area contributed by atoms with Gasteiger partial charge in [0.15, 0.2) is 0 Å². The van der Waals surface area contributed by atoms with E-state index >= 15 is 0 Å². The number of benzene rings is 2. The number of Topliss-reactive ketones (excluding diaryl/α,β-unsaturated/α-hetero) is 1. The fraction of sp³-hybridized carbons (Fsp3) is 0.417. The van der Waals surface area contributed by atoms with Gasteiger partial charge in [0.05, 0.1) is 12.0 Å². The number of hydrogen-bond donors (Lipinski definition) is 1. The Morgan fingerprint density at radius 2 is 1.66 bits per heavy atom. The fourth-order valence-corrected chi connectivity index (χ4v) is 4.08. The van der Waals surface area contributed by atoms with Gasteiger partial charge in [0, 0.05) is 19.2 Å². The van der Waals surface area contributed by atoms with E-state index in [0.717, 1.165) is 55.9 Å². The highest BCUT2D eigenvalue weighted by molar-refractivity contribution is 5.89. The van der Waals surface area contributed by atoms with E-state index in [1.807, 2.05) is 42.5 Å². The van der Waals surface area contributed by atoms with Gasteiger partial charge in [-0.2, -0.15) is 0 Å². The molecule has 0 spiro atoms. The number of nitrogens with one attached hydrogen (secondary N) is 1. The molecule has 0 aliphatic carbocycles. The largest absolute Gasteiger partial charge is 0.494 e. The molecule has 1 aliphatic rings. The average Bonchev–Trinajstić information content (AvgIpc) is 2.73. The zero-order chi connectivity index (χ0) is 20.7. The van der Waals surface area contributed by atoms with Crippen molar-refractivity contribution in [1.82, 2.24) is 4.90 Å². The minimum absolute atomic E-state index is 0.0822. The van der Waals surface area contributed by atoms with Gasteiger partial charge in [0.25, 0.3) is 0 Å². The summed E-state index contributed by atoms with van der Waals surface area (Å²) < 4.78 is 5.81. The Bertz CT molecular complexity index is 810. The molecule has 5 heteroatoms. The number of carbonyl (C=O) groups is 2. The predicted octanol–water partition coefficient (Wildman–Crippen LogP) is 4.04. The van der Waals surface area contributed by atoms with Crippen LogP contribution in [0.2, 0.25) is 0 Å². The number of ketones is 1. The maximum absolute atomic E-state index is 12.5. The number of anilines is 1. The quantitative estimate of drug-likeness (QED) is 0.687. The molecule has 0 atom stereocenters. The zero-order valence-electron chi connectivity index (χ0n) is 17.3. The average molecular weight is 395 g/mol. The number of rotatable bonds is 8. The van der Waals surface area contributed by atoms with Crippen molar-refractivity contribution in [2.75, 3.05) is 31.6 Å². The summed E-state index contributed by atoms with van der Waals surface area (Å²) in [5.41, 5.74) is 1.59. The molecule has 0 bridgehead atoms. The maximum Gasteiger partial charge on any atom is 0.221 e. The van der Waals surface area contributed by atoms with Gasteiger partial charge in [-0.25, -0.2) is 0 Å². The Morgan fingerprint density at radius 3 is 2.24 bits per heavy atom. The molecule has 29 heavy (non-hydrogen) atoms. The third-order valence-corrected chi connectivity index (χ3v) is 5.77. The number of nitrogens with zero attached hydrogens (tertiary/aromatic N) is 1. The molecule has 5 nitrogen and oxygen atoms in total. The van der Waals surface area contributed by atoms with Crippen LogP contribution in [0.5, 0.6) is 5.75 Å². The van der Waals surface area contributed by atoms with Crippen LogP contribution in [0.1, 0.15) is 38.7 Å². The van der Waals surface area contributed by atoms with E-state index < -0.39 is 0 Å². The molecule has 0 unspecified atom stereocenters. The van der Waals surface area contributed by atoms with E-state index in [0.29, 0.717) is 6.61 Å². The zero-order valence-corrected chi connectivity index (χ0v) is 17.3. The second-order valence-electron chi connectivity index (χ2n) is 7.75. The lowest BCUT2D eigenvalue weighted by atomic mass is 9.70. The van der Waals surface area contributed by atoms with Crippen LogP contribution in [0.15, 0.2) is 54.6 Å². The molecule has 0 aromatic heterocycles. The van der Waals surface area contributed by atoms with Crippen molar-refractivity contribution in [2.45, 2.75) is 38.5 Å². The number of hydrogen-bond acceptors (Lipinski definition) is 4.